The van der Waals surface area contributed by atoms with Crippen LogP contribution in [0.15, 0.2) is 79.5 Å². The van der Waals surface area contributed by atoms with Gasteiger partial charge in [0.05, 0.1) is 23.0 Å². The van der Waals surface area contributed by atoms with E-state index in [2.05, 4.69) is 15.9 Å². The second-order valence-electron chi connectivity index (χ2n) is 8.14. The zero-order chi connectivity index (χ0) is 25.2. The van der Waals surface area contributed by atoms with Gasteiger partial charge in [0.25, 0.3) is 5.91 Å². The van der Waals surface area contributed by atoms with E-state index in [-0.39, 0.29) is 33.8 Å². The molecule has 0 saturated carbocycles. The van der Waals surface area contributed by atoms with Crippen LogP contribution in [0, 0.1) is 0 Å². The molecule has 3 aromatic rings. The first kappa shape index (κ1) is 25.5. The fourth-order valence-corrected chi connectivity index (χ4v) is 7.06. The van der Waals surface area contributed by atoms with Gasteiger partial charge in [-0.2, -0.15) is 0 Å². The zero-order valence-electron chi connectivity index (χ0n) is 18.9. The highest BCUT2D eigenvalue weighted by molar-refractivity contribution is 9.10. The summed E-state index contributed by atoms with van der Waals surface area (Å²) in [4.78, 5) is 14.9. The number of carbonyl (C=O) groups is 1. The maximum absolute atomic E-state index is 13.4. The summed E-state index contributed by atoms with van der Waals surface area (Å²) in [6, 6.07) is 15.2. The van der Waals surface area contributed by atoms with Crippen molar-refractivity contribution in [3.8, 4) is 5.75 Å². The number of ether oxygens (including phenoxy) is 1. The molecule has 35 heavy (non-hydrogen) atoms. The summed E-state index contributed by atoms with van der Waals surface area (Å²) < 4.78 is 61.8. The Kier molecular flexibility index (Phi) is 7.39. The number of rotatable bonds is 8. The fourth-order valence-electron chi connectivity index (χ4n) is 3.89. The summed E-state index contributed by atoms with van der Waals surface area (Å²) in [5, 5.41) is -0.358. The van der Waals surface area contributed by atoms with Gasteiger partial charge in [-0.3, -0.25) is 4.79 Å². The van der Waals surface area contributed by atoms with Crippen LogP contribution in [0.5, 0.6) is 5.75 Å². The smallest absolute Gasteiger partial charge is 0.290 e. The molecule has 0 spiro atoms. The van der Waals surface area contributed by atoms with Crippen molar-refractivity contribution in [1.82, 2.24) is 4.90 Å². The number of sulfone groups is 2. The zero-order valence-corrected chi connectivity index (χ0v) is 22.1. The van der Waals surface area contributed by atoms with Gasteiger partial charge in [-0.25, -0.2) is 16.8 Å². The number of furan rings is 1. The number of benzene rings is 2. The lowest BCUT2D eigenvalue weighted by Gasteiger charge is -2.27. The molecular formula is C24H24BrNO7S2. The molecule has 4 rings (SSSR count). The molecule has 2 aromatic carbocycles. The van der Waals surface area contributed by atoms with Gasteiger partial charge >= 0.3 is 0 Å². The normalized spacial score (nSPS) is 17.3. The Bertz CT molecular complexity index is 1410. The standard InChI is InChI=1S/C24H24BrNO7S2/c1-2-32-20-7-3-17(4-8-20)15-26(19-13-14-34(28,29)16-19)24(27)22-11-12-23(33-22)35(30,31)21-9-5-18(25)6-10-21/h3-12,19H,2,13-16H2,1H3/t19-/m0/s1. The van der Waals surface area contributed by atoms with Crippen molar-refractivity contribution in [3.63, 3.8) is 0 Å². The molecule has 0 radical (unpaired) electrons. The third-order valence-electron chi connectivity index (χ3n) is 5.68. The number of carbonyl (C=O) groups excluding carboxylic acids is 1. The van der Waals surface area contributed by atoms with E-state index in [0.717, 1.165) is 10.0 Å². The van der Waals surface area contributed by atoms with E-state index in [9.17, 15) is 21.6 Å². The molecule has 1 aliphatic heterocycles. The molecule has 0 N–H and O–H groups in total. The third kappa shape index (κ3) is 5.79. The molecule has 1 atom stereocenters. The molecule has 8 nitrogen and oxygen atoms in total. The molecule has 11 heteroatoms. The van der Waals surface area contributed by atoms with Crippen molar-refractivity contribution < 1.29 is 30.8 Å². The topological polar surface area (TPSA) is 111 Å². The van der Waals surface area contributed by atoms with E-state index < -0.39 is 31.6 Å². The van der Waals surface area contributed by atoms with Gasteiger partial charge in [-0.1, -0.05) is 28.1 Å². The predicted molar refractivity (Wildman–Crippen MR) is 133 cm³/mol. The lowest BCUT2D eigenvalue weighted by Crippen LogP contribution is -2.40. The monoisotopic (exact) mass is 581 g/mol. The van der Waals surface area contributed by atoms with Crippen LogP contribution in [0.4, 0.5) is 0 Å². The Balaban J connectivity index is 1.62. The molecule has 0 unspecified atom stereocenters. The van der Waals surface area contributed by atoms with Crippen LogP contribution in [0.3, 0.4) is 0 Å². The third-order valence-corrected chi connectivity index (χ3v) is 9.60. The van der Waals surface area contributed by atoms with Crippen molar-refractivity contribution >= 4 is 41.5 Å². The van der Waals surface area contributed by atoms with Crippen molar-refractivity contribution in [2.45, 2.75) is 35.9 Å². The summed E-state index contributed by atoms with van der Waals surface area (Å²) >= 11 is 3.27. The minimum atomic E-state index is -3.97. The molecule has 1 aromatic heterocycles. The molecule has 2 heterocycles. The Morgan fingerprint density at radius 1 is 1.09 bits per heavy atom. The van der Waals surface area contributed by atoms with Crippen LogP contribution >= 0.6 is 15.9 Å². The van der Waals surface area contributed by atoms with E-state index in [1.165, 1.54) is 29.2 Å². The Morgan fingerprint density at radius 2 is 1.77 bits per heavy atom. The molecule has 0 aliphatic carbocycles. The summed E-state index contributed by atoms with van der Waals surface area (Å²) in [6.07, 6.45) is 0.301. The number of amides is 1. The molecule has 0 bridgehead atoms. The van der Waals surface area contributed by atoms with Crippen molar-refractivity contribution in [1.29, 1.82) is 0 Å². The molecule has 1 fully saturated rings. The Morgan fingerprint density at radius 3 is 2.37 bits per heavy atom. The number of hydrogen-bond donors (Lipinski definition) is 0. The Hall–Kier alpha value is -2.63. The van der Waals surface area contributed by atoms with E-state index in [0.29, 0.717) is 18.8 Å². The minimum Gasteiger partial charge on any atom is -0.494 e. The summed E-state index contributed by atoms with van der Waals surface area (Å²) in [7, 11) is -7.23. The van der Waals surface area contributed by atoms with Crippen LogP contribution in [-0.2, 0) is 26.2 Å². The summed E-state index contributed by atoms with van der Waals surface area (Å²) in [5.74, 6) is -0.215. The van der Waals surface area contributed by atoms with Gasteiger partial charge in [-0.05, 0) is 67.4 Å². The molecule has 1 aliphatic rings. The maximum Gasteiger partial charge on any atom is 0.290 e. The van der Waals surface area contributed by atoms with Gasteiger partial charge in [0.2, 0.25) is 14.9 Å². The van der Waals surface area contributed by atoms with Crippen LogP contribution in [0.1, 0.15) is 29.5 Å². The highest BCUT2D eigenvalue weighted by atomic mass is 79.9. The molecule has 1 amide bonds. The predicted octanol–water partition coefficient (Wildman–Crippen LogP) is 4.10. The van der Waals surface area contributed by atoms with Gasteiger partial charge < -0.3 is 14.1 Å². The van der Waals surface area contributed by atoms with Crippen LogP contribution in [0.25, 0.3) is 0 Å². The number of halogens is 1. The van der Waals surface area contributed by atoms with Crippen molar-refractivity contribution in [3.05, 3.63) is 76.5 Å². The average molecular weight is 582 g/mol. The Labute approximate surface area is 212 Å². The fraction of sp³-hybridized carbons (Fsp3) is 0.292. The first-order chi connectivity index (χ1) is 16.6. The van der Waals surface area contributed by atoms with Crippen LogP contribution < -0.4 is 4.74 Å². The summed E-state index contributed by atoms with van der Waals surface area (Å²) in [6.45, 7) is 2.54. The lowest BCUT2D eigenvalue weighted by molar-refractivity contribution is 0.0642. The molecular weight excluding hydrogens is 558 g/mol. The minimum absolute atomic E-state index is 0.00786. The highest BCUT2D eigenvalue weighted by Crippen LogP contribution is 2.27. The largest absolute Gasteiger partial charge is 0.494 e. The number of nitrogens with zero attached hydrogens (tertiary/aromatic N) is 1. The first-order valence-electron chi connectivity index (χ1n) is 10.9. The molecule has 186 valence electrons. The van der Waals surface area contributed by atoms with Crippen LogP contribution in [0.2, 0.25) is 0 Å². The second kappa shape index (κ2) is 10.2. The van der Waals surface area contributed by atoms with Gasteiger partial charge in [0.15, 0.2) is 15.6 Å². The number of hydrogen-bond acceptors (Lipinski definition) is 7. The SMILES string of the molecule is CCOc1ccc(CN(C(=O)c2ccc(S(=O)(=O)c3ccc(Br)cc3)o2)[C@H]2CCS(=O)(=O)C2)cc1. The maximum atomic E-state index is 13.4. The van der Waals surface area contributed by atoms with Crippen molar-refractivity contribution in [2.24, 2.45) is 0 Å². The van der Waals surface area contributed by atoms with E-state index >= 15 is 0 Å². The average Bonchev–Trinajstić information content (AvgIpc) is 3.46. The van der Waals surface area contributed by atoms with E-state index in [1.54, 1.807) is 36.4 Å². The van der Waals surface area contributed by atoms with Gasteiger partial charge in [0, 0.05) is 17.1 Å². The quantitative estimate of drug-likeness (QED) is 0.393. The van der Waals surface area contributed by atoms with E-state index in [1.807, 2.05) is 6.92 Å². The van der Waals surface area contributed by atoms with Gasteiger partial charge in [0.1, 0.15) is 5.75 Å². The second-order valence-corrected chi connectivity index (χ2v) is 13.2. The highest BCUT2D eigenvalue weighted by Gasteiger charge is 2.36. The first-order valence-corrected chi connectivity index (χ1v) is 15.0. The van der Waals surface area contributed by atoms with Gasteiger partial charge in [-0.15, -0.1) is 0 Å². The van der Waals surface area contributed by atoms with E-state index in [4.69, 9.17) is 9.15 Å². The molecule has 1 saturated heterocycles. The summed E-state index contributed by atoms with van der Waals surface area (Å²) in [5.41, 5.74) is 0.778. The lowest BCUT2D eigenvalue weighted by atomic mass is 10.1. The van der Waals surface area contributed by atoms with Crippen LogP contribution in [-0.4, -0.2) is 51.8 Å². The van der Waals surface area contributed by atoms with Crippen molar-refractivity contribution in [2.75, 3.05) is 18.1 Å².